The molecule has 3 aromatic rings. The zero-order valence-electron chi connectivity index (χ0n) is 15.6. The van der Waals surface area contributed by atoms with Crippen LogP contribution >= 0.6 is 34.7 Å². The van der Waals surface area contributed by atoms with Crippen molar-refractivity contribution >= 4 is 50.8 Å². The van der Waals surface area contributed by atoms with Crippen molar-refractivity contribution in [2.75, 3.05) is 12.3 Å². The first-order chi connectivity index (χ1) is 13.6. The van der Waals surface area contributed by atoms with Crippen molar-refractivity contribution < 1.29 is 4.79 Å². The van der Waals surface area contributed by atoms with E-state index in [0.717, 1.165) is 18.4 Å². The third-order valence-electron chi connectivity index (χ3n) is 4.25. The number of thioether (sulfide) groups is 1. The van der Waals surface area contributed by atoms with E-state index in [0.29, 0.717) is 39.9 Å². The molecule has 3 rings (SSSR count). The van der Waals surface area contributed by atoms with Gasteiger partial charge in [0.25, 0.3) is 5.56 Å². The van der Waals surface area contributed by atoms with Crippen molar-refractivity contribution in [3.63, 3.8) is 0 Å². The zero-order valence-corrected chi connectivity index (χ0v) is 18.0. The number of hydrogen-bond donors (Lipinski definition) is 1. The highest BCUT2D eigenvalue weighted by atomic mass is 35.5. The van der Waals surface area contributed by atoms with Gasteiger partial charge in [-0.15, -0.1) is 11.3 Å². The summed E-state index contributed by atoms with van der Waals surface area (Å²) in [6, 6.07) is 9.45. The molecular weight excluding hydrogens is 414 g/mol. The fraction of sp³-hybridized carbons (Fsp3) is 0.350. The highest BCUT2D eigenvalue weighted by Gasteiger charge is 2.14. The predicted molar refractivity (Wildman–Crippen MR) is 118 cm³/mol. The average Bonchev–Trinajstić information content (AvgIpc) is 3.16. The Balaban J connectivity index is 1.77. The summed E-state index contributed by atoms with van der Waals surface area (Å²) in [6.45, 7) is 3.26. The smallest absolute Gasteiger partial charge is 0.272 e. The normalized spacial score (nSPS) is 11.1. The van der Waals surface area contributed by atoms with Crippen LogP contribution in [0.2, 0.25) is 5.02 Å². The lowest BCUT2D eigenvalue weighted by Crippen LogP contribution is -2.27. The summed E-state index contributed by atoms with van der Waals surface area (Å²) >= 11 is 8.65. The molecule has 1 amide bonds. The molecule has 0 saturated carbocycles. The monoisotopic (exact) mass is 435 g/mol. The largest absolute Gasteiger partial charge is 0.355 e. The number of halogens is 1. The maximum Gasteiger partial charge on any atom is 0.272 e. The molecule has 2 heterocycles. The van der Waals surface area contributed by atoms with E-state index < -0.39 is 0 Å². The van der Waals surface area contributed by atoms with Gasteiger partial charge in [0.1, 0.15) is 4.70 Å². The van der Waals surface area contributed by atoms with Gasteiger partial charge in [0, 0.05) is 18.1 Å². The van der Waals surface area contributed by atoms with Crippen LogP contribution in [-0.2, 0) is 17.8 Å². The summed E-state index contributed by atoms with van der Waals surface area (Å²) in [6.07, 6.45) is 2.68. The Morgan fingerprint density at radius 3 is 2.82 bits per heavy atom. The summed E-state index contributed by atoms with van der Waals surface area (Å²) in [4.78, 5) is 29.6. The number of thiophene rings is 1. The predicted octanol–water partition coefficient (Wildman–Crippen LogP) is 4.36. The highest BCUT2D eigenvalue weighted by Crippen LogP contribution is 2.21. The number of aromatic nitrogens is 2. The topological polar surface area (TPSA) is 64.0 Å². The summed E-state index contributed by atoms with van der Waals surface area (Å²) in [5.41, 5.74) is 1.73. The van der Waals surface area contributed by atoms with Gasteiger partial charge >= 0.3 is 0 Å². The Morgan fingerprint density at radius 1 is 1.29 bits per heavy atom. The van der Waals surface area contributed by atoms with E-state index in [1.165, 1.54) is 23.1 Å². The minimum Gasteiger partial charge on any atom is -0.355 e. The Morgan fingerprint density at radius 2 is 2.07 bits per heavy atom. The van der Waals surface area contributed by atoms with Crippen molar-refractivity contribution in [1.29, 1.82) is 0 Å². The lowest BCUT2D eigenvalue weighted by molar-refractivity contribution is -0.118. The van der Waals surface area contributed by atoms with Gasteiger partial charge < -0.3 is 5.32 Å². The molecule has 0 saturated heterocycles. The molecule has 8 heteroatoms. The second kappa shape index (κ2) is 10.1. The molecule has 0 aliphatic rings. The molecule has 1 aromatic carbocycles. The van der Waals surface area contributed by atoms with Gasteiger partial charge in [-0.1, -0.05) is 48.8 Å². The lowest BCUT2D eigenvalue weighted by atomic mass is 10.1. The van der Waals surface area contributed by atoms with Crippen LogP contribution in [0, 0.1) is 0 Å². The van der Waals surface area contributed by atoms with Crippen LogP contribution in [0.15, 0.2) is 45.7 Å². The van der Waals surface area contributed by atoms with Crippen LogP contribution in [0.5, 0.6) is 0 Å². The molecule has 5 nitrogen and oxygen atoms in total. The highest BCUT2D eigenvalue weighted by molar-refractivity contribution is 7.99. The third kappa shape index (κ3) is 5.37. The summed E-state index contributed by atoms with van der Waals surface area (Å²) in [5, 5.41) is 6.03. The molecule has 0 unspecified atom stereocenters. The number of carbonyl (C=O) groups is 1. The average molecular weight is 436 g/mol. The van der Waals surface area contributed by atoms with Gasteiger partial charge in [0.15, 0.2) is 5.16 Å². The molecule has 0 radical (unpaired) electrons. The Hall–Kier alpha value is -1.83. The number of rotatable bonds is 9. The lowest BCUT2D eigenvalue weighted by Gasteiger charge is -2.12. The van der Waals surface area contributed by atoms with Crippen LogP contribution in [0.25, 0.3) is 10.2 Å². The van der Waals surface area contributed by atoms with Crippen LogP contribution in [0.1, 0.15) is 25.3 Å². The number of nitrogens with one attached hydrogen (secondary N) is 1. The maximum atomic E-state index is 12.9. The molecule has 0 aliphatic carbocycles. The minimum atomic E-state index is -0.0529. The Labute approximate surface area is 177 Å². The summed E-state index contributed by atoms with van der Waals surface area (Å²) in [5.74, 6) is 0.203. The third-order valence-corrected chi connectivity index (χ3v) is 6.37. The van der Waals surface area contributed by atoms with Gasteiger partial charge in [-0.2, -0.15) is 0 Å². The zero-order chi connectivity index (χ0) is 19.9. The number of carbonyl (C=O) groups excluding carboxylic acids is 1. The molecular formula is C20H22ClN3O2S2. The quantitative estimate of drug-likeness (QED) is 0.308. The molecule has 0 fully saturated rings. The minimum absolute atomic E-state index is 0.0395. The number of amides is 1. The Kier molecular flexibility index (Phi) is 7.53. The number of hydrogen-bond acceptors (Lipinski definition) is 5. The van der Waals surface area contributed by atoms with Gasteiger partial charge in [0.05, 0.1) is 11.3 Å². The second-order valence-electron chi connectivity index (χ2n) is 6.35. The summed E-state index contributed by atoms with van der Waals surface area (Å²) in [7, 11) is 0. The van der Waals surface area contributed by atoms with Crippen LogP contribution in [-0.4, -0.2) is 27.8 Å². The molecule has 0 atom stereocenters. The first-order valence-electron chi connectivity index (χ1n) is 9.20. The van der Waals surface area contributed by atoms with E-state index in [2.05, 4.69) is 17.2 Å². The number of aryl methyl sites for hydroxylation is 1. The molecule has 148 valence electrons. The van der Waals surface area contributed by atoms with Crippen LogP contribution in [0.3, 0.4) is 0 Å². The van der Waals surface area contributed by atoms with Gasteiger partial charge in [-0.25, -0.2) is 4.98 Å². The van der Waals surface area contributed by atoms with Crippen molar-refractivity contribution in [3.05, 3.63) is 56.7 Å². The molecule has 28 heavy (non-hydrogen) atoms. The van der Waals surface area contributed by atoms with E-state index in [1.807, 2.05) is 35.7 Å². The first-order valence-corrected chi connectivity index (χ1v) is 11.4. The fourth-order valence-electron chi connectivity index (χ4n) is 2.71. The summed E-state index contributed by atoms with van der Waals surface area (Å²) < 4.78 is 2.32. The fourth-order valence-corrected chi connectivity index (χ4v) is 4.47. The van der Waals surface area contributed by atoms with E-state index in [4.69, 9.17) is 11.6 Å². The van der Waals surface area contributed by atoms with Crippen LogP contribution < -0.4 is 10.9 Å². The van der Waals surface area contributed by atoms with Gasteiger partial charge in [-0.05, 0) is 42.0 Å². The van der Waals surface area contributed by atoms with E-state index in [-0.39, 0.29) is 17.2 Å². The number of benzene rings is 1. The van der Waals surface area contributed by atoms with Crippen molar-refractivity contribution in [2.45, 2.75) is 37.9 Å². The molecule has 0 spiro atoms. The van der Waals surface area contributed by atoms with Crippen molar-refractivity contribution in [2.24, 2.45) is 0 Å². The number of fused-ring (bicyclic) bond motifs is 1. The second-order valence-corrected chi connectivity index (χ2v) is 8.65. The standard InChI is InChI=1S/C20H22ClN3O2S2/c1-2-3-10-22-17(25)13-28-20-23-16-9-12-27-18(16)19(26)24(20)11-8-14-4-6-15(21)7-5-14/h4-7,9,12H,2-3,8,10-11,13H2,1H3,(H,22,25). The molecule has 1 N–H and O–H groups in total. The van der Waals surface area contributed by atoms with Crippen molar-refractivity contribution in [3.8, 4) is 0 Å². The van der Waals surface area contributed by atoms with Crippen molar-refractivity contribution in [1.82, 2.24) is 14.9 Å². The molecule has 2 aromatic heterocycles. The number of unbranched alkanes of at least 4 members (excludes halogenated alkanes) is 1. The van der Waals surface area contributed by atoms with E-state index >= 15 is 0 Å². The SMILES string of the molecule is CCCCNC(=O)CSc1nc2ccsc2c(=O)n1CCc1ccc(Cl)cc1. The van der Waals surface area contributed by atoms with E-state index in [9.17, 15) is 9.59 Å². The molecule has 0 bridgehead atoms. The van der Waals surface area contributed by atoms with Gasteiger partial charge in [0.2, 0.25) is 5.91 Å². The van der Waals surface area contributed by atoms with Gasteiger partial charge in [-0.3, -0.25) is 14.2 Å². The molecule has 0 aliphatic heterocycles. The van der Waals surface area contributed by atoms with Crippen LogP contribution in [0.4, 0.5) is 0 Å². The Bertz CT molecular complexity index is 999. The van der Waals surface area contributed by atoms with E-state index in [1.54, 1.807) is 4.57 Å². The maximum absolute atomic E-state index is 12.9. The number of nitrogens with zero attached hydrogens (tertiary/aromatic N) is 2. The first kappa shape index (κ1) is 20.9.